The molecule has 0 aliphatic carbocycles. The van der Waals surface area contributed by atoms with Gasteiger partial charge in [0.05, 0.1) is 21.3 Å². The molecule has 1 fully saturated rings. The molecular formula is C19H27NO4. The van der Waals surface area contributed by atoms with Gasteiger partial charge >= 0.3 is 0 Å². The first kappa shape index (κ1) is 18.3. The Balaban J connectivity index is 1.98. The van der Waals surface area contributed by atoms with Crippen LogP contribution in [0.4, 0.5) is 0 Å². The predicted molar refractivity (Wildman–Crippen MR) is 95.0 cm³/mol. The lowest BCUT2D eigenvalue weighted by molar-refractivity contribution is -0.114. The van der Waals surface area contributed by atoms with Crippen molar-refractivity contribution in [2.45, 2.75) is 25.7 Å². The van der Waals surface area contributed by atoms with Gasteiger partial charge in [-0.25, -0.2) is 0 Å². The topological polar surface area (TPSA) is 48.0 Å². The van der Waals surface area contributed by atoms with Gasteiger partial charge in [-0.2, -0.15) is 0 Å². The molecule has 5 nitrogen and oxygen atoms in total. The summed E-state index contributed by atoms with van der Waals surface area (Å²) in [4.78, 5) is 14.5. The van der Waals surface area contributed by atoms with E-state index >= 15 is 0 Å². The minimum atomic E-state index is 0.134. The van der Waals surface area contributed by atoms with Crippen molar-refractivity contribution in [3.63, 3.8) is 0 Å². The van der Waals surface area contributed by atoms with Crippen LogP contribution in [0, 0.1) is 0 Å². The number of benzene rings is 1. The molecule has 1 saturated heterocycles. The number of carbonyl (C=O) groups is 1. The summed E-state index contributed by atoms with van der Waals surface area (Å²) in [7, 11) is 4.73. The lowest BCUT2D eigenvalue weighted by atomic mass is 10.1. The van der Waals surface area contributed by atoms with Crippen LogP contribution in [0.2, 0.25) is 0 Å². The number of likely N-dealkylation sites (tertiary alicyclic amines) is 1. The summed E-state index contributed by atoms with van der Waals surface area (Å²) in [5.41, 5.74) is 0.843. The Kier molecular flexibility index (Phi) is 7.12. The standard InChI is InChI=1S/C19H27NO4/c1-22-17-13-15(14-18(23-2)19(17)24-3)7-8-16(21)9-12-20-10-5-4-6-11-20/h7-8,13-14H,4-6,9-12H2,1-3H3/b8-7+. The van der Waals surface area contributed by atoms with Crippen molar-refractivity contribution in [2.75, 3.05) is 41.0 Å². The first-order valence-corrected chi connectivity index (χ1v) is 8.41. The van der Waals surface area contributed by atoms with Gasteiger partial charge in [-0.05, 0) is 49.7 Å². The van der Waals surface area contributed by atoms with Crippen LogP contribution in [0.1, 0.15) is 31.2 Å². The maximum atomic E-state index is 12.1. The van der Waals surface area contributed by atoms with Crippen molar-refractivity contribution in [3.8, 4) is 17.2 Å². The first-order chi connectivity index (χ1) is 11.7. The fourth-order valence-electron chi connectivity index (χ4n) is 2.92. The molecule has 5 heteroatoms. The van der Waals surface area contributed by atoms with Crippen LogP contribution in [0.3, 0.4) is 0 Å². The number of allylic oxidation sites excluding steroid dienone is 1. The lowest BCUT2D eigenvalue weighted by Crippen LogP contribution is -2.31. The fraction of sp³-hybridized carbons (Fsp3) is 0.526. The Morgan fingerprint density at radius 2 is 1.67 bits per heavy atom. The quantitative estimate of drug-likeness (QED) is 0.684. The Hall–Kier alpha value is -2.01. The Bertz CT molecular complexity index is 552. The van der Waals surface area contributed by atoms with Crippen molar-refractivity contribution in [1.82, 2.24) is 4.90 Å². The zero-order chi connectivity index (χ0) is 17.4. The molecule has 132 valence electrons. The van der Waals surface area contributed by atoms with Gasteiger partial charge in [0, 0.05) is 13.0 Å². The van der Waals surface area contributed by atoms with E-state index in [9.17, 15) is 4.79 Å². The molecule has 1 heterocycles. The average Bonchev–Trinajstić information content (AvgIpc) is 2.64. The van der Waals surface area contributed by atoms with Crippen molar-refractivity contribution in [2.24, 2.45) is 0 Å². The zero-order valence-electron chi connectivity index (χ0n) is 14.8. The molecule has 0 amide bonds. The summed E-state index contributed by atoms with van der Waals surface area (Å²) < 4.78 is 15.9. The van der Waals surface area contributed by atoms with Gasteiger partial charge in [-0.1, -0.05) is 12.5 Å². The van der Waals surface area contributed by atoms with Gasteiger partial charge in [-0.3, -0.25) is 4.79 Å². The van der Waals surface area contributed by atoms with E-state index in [0.29, 0.717) is 23.7 Å². The Morgan fingerprint density at radius 1 is 1.04 bits per heavy atom. The fourth-order valence-corrected chi connectivity index (χ4v) is 2.92. The second-order valence-corrected chi connectivity index (χ2v) is 5.91. The van der Waals surface area contributed by atoms with Gasteiger partial charge < -0.3 is 19.1 Å². The number of ketones is 1. The minimum absolute atomic E-state index is 0.134. The molecule has 0 saturated carbocycles. The molecule has 0 atom stereocenters. The third-order valence-electron chi connectivity index (χ3n) is 4.27. The highest BCUT2D eigenvalue weighted by Crippen LogP contribution is 2.38. The number of hydrogen-bond acceptors (Lipinski definition) is 5. The van der Waals surface area contributed by atoms with Crippen LogP contribution in [0.5, 0.6) is 17.2 Å². The van der Waals surface area contributed by atoms with E-state index in [4.69, 9.17) is 14.2 Å². The molecule has 1 aromatic carbocycles. The summed E-state index contributed by atoms with van der Waals surface area (Å²) in [5.74, 6) is 1.84. The van der Waals surface area contributed by atoms with Crippen LogP contribution in [-0.4, -0.2) is 51.6 Å². The second-order valence-electron chi connectivity index (χ2n) is 5.91. The van der Waals surface area contributed by atoms with Crippen LogP contribution in [0.25, 0.3) is 6.08 Å². The zero-order valence-corrected chi connectivity index (χ0v) is 14.8. The molecule has 24 heavy (non-hydrogen) atoms. The molecule has 2 rings (SSSR count). The second kappa shape index (κ2) is 9.33. The number of nitrogens with zero attached hydrogens (tertiary/aromatic N) is 1. The smallest absolute Gasteiger partial charge is 0.203 e. The molecule has 0 bridgehead atoms. The third-order valence-corrected chi connectivity index (χ3v) is 4.27. The van der Waals surface area contributed by atoms with E-state index in [1.807, 2.05) is 12.1 Å². The van der Waals surface area contributed by atoms with Gasteiger partial charge in [0.15, 0.2) is 17.3 Å². The first-order valence-electron chi connectivity index (χ1n) is 8.41. The van der Waals surface area contributed by atoms with E-state index in [0.717, 1.165) is 25.2 Å². The van der Waals surface area contributed by atoms with Crippen LogP contribution in [0.15, 0.2) is 18.2 Å². The maximum absolute atomic E-state index is 12.1. The number of ether oxygens (including phenoxy) is 3. The van der Waals surface area contributed by atoms with E-state index in [1.165, 1.54) is 19.3 Å². The molecule has 0 radical (unpaired) electrons. The summed E-state index contributed by atoms with van der Waals surface area (Å²) in [5, 5.41) is 0. The molecule has 1 aromatic rings. The Labute approximate surface area is 144 Å². The number of carbonyl (C=O) groups excluding carboxylic acids is 1. The largest absolute Gasteiger partial charge is 0.493 e. The van der Waals surface area contributed by atoms with Crippen molar-refractivity contribution in [3.05, 3.63) is 23.8 Å². The highest BCUT2D eigenvalue weighted by Gasteiger charge is 2.13. The van der Waals surface area contributed by atoms with Gasteiger partial charge in [0.1, 0.15) is 0 Å². The molecular weight excluding hydrogens is 306 g/mol. The molecule has 0 unspecified atom stereocenters. The normalized spacial score (nSPS) is 15.5. The highest BCUT2D eigenvalue weighted by atomic mass is 16.5. The van der Waals surface area contributed by atoms with Crippen LogP contribution >= 0.6 is 0 Å². The van der Waals surface area contributed by atoms with E-state index in [-0.39, 0.29) is 5.78 Å². The number of hydrogen-bond donors (Lipinski definition) is 0. The number of piperidine rings is 1. The van der Waals surface area contributed by atoms with Gasteiger partial charge in [-0.15, -0.1) is 0 Å². The van der Waals surface area contributed by atoms with E-state index < -0.39 is 0 Å². The predicted octanol–water partition coefficient (Wildman–Crippen LogP) is 3.17. The highest BCUT2D eigenvalue weighted by molar-refractivity contribution is 5.93. The third kappa shape index (κ3) is 4.99. The van der Waals surface area contributed by atoms with Crippen molar-refractivity contribution < 1.29 is 19.0 Å². The molecule has 0 aromatic heterocycles. The summed E-state index contributed by atoms with van der Waals surface area (Å²) in [6.07, 6.45) is 7.78. The number of rotatable bonds is 8. The van der Waals surface area contributed by atoms with Gasteiger partial charge in [0.25, 0.3) is 0 Å². The molecule has 0 spiro atoms. The number of methoxy groups -OCH3 is 3. The maximum Gasteiger partial charge on any atom is 0.203 e. The molecule has 1 aliphatic heterocycles. The Morgan fingerprint density at radius 3 is 2.21 bits per heavy atom. The van der Waals surface area contributed by atoms with Crippen molar-refractivity contribution in [1.29, 1.82) is 0 Å². The molecule has 0 N–H and O–H groups in total. The van der Waals surface area contributed by atoms with E-state index in [2.05, 4.69) is 4.90 Å². The summed E-state index contributed by atoms with van der Waals surface area (Å²) in [6, 6.07) is 3.66. The van der Waals surface area contributed by atoms with E-state index in [1.54, 1.807) is 33.5 Å². The summed E-state index contributed by atoms with van der Waals surface area (Å²) >= 11 is 0. The average molecular weight is 333 g/mol. The molecule has 1 aliphatic rings. The SMILES string of the molecule is COc1cc(/C=C/C(=O)CCN2CCCCC2)cc(OC)c1OC. The van der Waals surface area contributed by atoms with Crippen LogP contribution in [-0.2, 0) is 4.79 Å². The minimum Gasteiger partial charge on any atom is -0.493 e. The summed E-state index contributed by atoms with van der Waals surface area (Å²) in [6.45, 7) is 3.08. The monoisotopic (exact) mass is 333 g/mol. The van der Waals surface area contributed by atoms with Gasteiger partial charge in [0.2, 0.25) is 5.75 Å². The van der Waals surface area contributed by atoms with Crippen LogP contribution < -0.4 is 14.2 Å². The lowest BCUT2D eigenvalue weighted by Gasteiger charge is -2.25. The van der Waals surface area contributed by atoms with Crippen molar-refractivity contribution >= 4 is 11.9 Å².